The Morgan fingerprint density at radius 1 is 1.31 bits per heavy atom. The van der Waals surface area contributed by atoms with E-state index >= 15 is 0 Å². The Morgan fingerprint density at radius 2 is 2.12 bits per heavy atom. The summed E-state index contributed by atoms with van der Waals surface area (Å²) in [5.74, 6) is 0.578. The molecule has 1 fully saturated rings. The number of halogens is 1. The molecule has 1 unspecified atom stereocenters. The summed E-state index contributed by atoms with van der Waals surface area (Å²) >= 11 is 0. The third-order valence-corrected chi connectivity index (χ3v) is 3.07. The SMILES string of the molecule is Fc1ccc(CNCC2CCCNC2)cc1. The molecule has 16 heavy (non-hydrogen) atoms. The van der Waals surface area contributed by atoms with E-state index in [2.05, 4.69) is 10.6 Å². The van der Waals surface area contributed by atoms with E-state index in [-0.39, 0.29) is 5.82 Å². The van der Waals surface area contributed by atoms with Crippen molar-refractivity contribution in [1.82, 2.24) is 10.6 Å². The van der Waals surface area contributed by atoms with Crippen molar-refractivity contribution in [1.29, 1.82) is 0 Å². The van der Waals surface area contributed by atoms with E-state index < -0.39 is 0 Å². The summed E-state index contributed by atoms with van der Waals surface area (Å²) in [6.45, 7) is 4.16. The van der Waals surface area contributed by atoms with Crippen LogP contribution in [0.25, 0.3) is 0 Å². The van der Waals surface area contributed by atoms with E-state index in [1.807, 2.05) is 12.1 Å². The largest absolute Gasteiger partial charge is 0.316 e. The molecule has 0 saturated carbocycles. The molecule has 0 spiro atoms. The number of hydrogen-bond donors (Lipinski definition) is 2. The van der Waals surface area contributed by atoms with Crippen LogP contribution in [0.4, 0.5) is 4.39 Å². The lowest BCUT2D eigenvalue weighted by Gasteiger charge is -2.22. The first kappa shape index (κ1) is 11.6. The van der Waals surface area contributed by atoms with Crippen LogP contribution in [0.1, 0.15) is 18.4 Å². The van der Waals surface area contributed by atoms with Crippen LogP contribution in [0.15, 0.2) is 24.3 Å². The highest BCUT2D eigenvalue weighted by atomic mass is 19.1. The summed E-state index contributed by atoms with van der Waals surface area (Å²) in [6, 6.07) is 6.70. The molecule has 3 heteroatoms. The van der Waals surface area contributed by atoms with Crippen LogP contribution in [0.5, 0.6) is 0 Å². The Bertz CT molecular complexity index is 304. The second-order valence-corrected chi connectivity index (χ2v) is 4.47. The van der Waals surface area contributed by atoms with Gasteiger partial charge in [0.25, 0.3) is 0 Å². The third kappa shape index (κ3) is 3.58. The first-order chi connectivity index (χ1) is 7.84. The molecule has 0 aliphatic carbocycles. The molecule has 0 radical (unpaired) electrons. The molecule has 1 saturated heterocycles. The minimum Gasteiger partial charge on any atom is -0.316 e. The summed E-state index contributed by atoms with van der Waals surface area (Å²) in [7, 11) is 0. The molecular weight excluding hydrogens is 203 g/mol. The fourth-order valence-corrected chi connectivity index (χ4v) is 2.12. The average molecular weight is 222 g/mol. The van der Waals surface area contributed by atoms with Gasteiger partial charge in [0.05, 0.1) is 0 Å². The lowest BCUT2D eigenvalue weighted by molar-refractivity contribution is 0.360. The van der Waals surface area contributed by atoms with Crippen LogP contribution in [0, 0.1) is 11.7 Å². The van der Waals surface area contributed by atoms with Crippen molar-refractivity contribution in [2.75, 3.05) is 19.6 Å². The monoisotopic (exact) mass is 222 g/mol. The molecule has 0 amide bonds. The molecule has 1 aliphatic rings. The van der Waals surface area contributed by atoms with Crippen LogP contribution >= 0.6 is 0 Å². The van der Waals surface area contributed by atoms with Crippen molar-refractivity contribution in [3.8, 4) is 0 Å². The standard InChI is InChI=1S/C13H19FN2/c14-13-5-3-11(4-6-13)8-16-10-12-2-1-7-15-9-12/h3-6,12,15-16H,1-2,7-10H2. The van der Waals surface area contributed by atoms with Gasteiger partial charge in [-0.3, -0.25) is 0 Å². The zero-order chi connectivity index (χ0) is 11.2. The summed E-state index contributed by atoms with van der Waals surface area (Å²) in [5, 5.41) is 6.83. The minimum absolute atomic E-state index is 0.166. The van der Waals surface area contributed by atoms with Crippen LogP contribution in [-0.2, 0) is 6.54 Å². The molecule has 2 nitrogen and oxygen atoms in total. The highest BCUT2D eigenvalue weighted by molar-refractivity contribution is 5.15. The summed E-state index contributed by atoms with van der Waals surface area (Å²) in [4.78, 5) is 0. The Morgan fingerprint density at radius 3 is 2.81 bits per heavy atom. The second kappa shape index (κ2) is 5.97. The lowest BCUT2D eigenvalue weighted by atomic mass is 10.00. The van der Waals surface area contributed by atoms with E-state index in [1.54, 1.807) is 0 Å². The highest BCUT2D eigenvalue weighted by Gasteiger charge is 2.11. The van der Waals surface area contributed by atoms with Crippen LogP contribution in [-0.4, -0.2) is 19.6 Å². The van der Waals surface area contributed by atoms with Gasteiger partial charge in [0.1, 0.15) is 5.82 Å². The van der Waals surface area contributed by atoms with Crippen molar-refractivity contribution in [3.05, 3.63) is 35.6 Å². The first-order valence-corrected chi connectivity index (χ1v) is 6.00. The maximum Gasteiger partial charge on any atom is 0.123 e. The van der Waals surface area contributed by atoms with Gasteiger partial charge >= 0.3 is 0 Å². The molecule has 1 aromatic carbocycles. The van der Waals surface area contributed by atoms with Crippen LogP contribution < -0.4 is 10.6 Å². The van der Waals surface area contributed by atoms with Gasteiger partial charge in [-0.2, -0.15) is 0 Å². The quantitative estimate of drug-likeness (QED) is 0.813. The maximum atomic E-state index is 12.7. The molecular formula is C13H19FN2. The number of piperidine rings is 1. The fraction of sp³-hybridized carbons (Fsp3) is 0.538. The smallest absolute Gasteiger partial charge is 0.123 e. The lowest BCUT2D eigenvalue weighted by Crippen LogP contribution is -2.35. The van der Waals surface area contributed by atoms with Crippen molar-refractivity contribution < 1.29 is 4.39 Å². The molecule has 0 bridgehead atoms. The zero-order valence-electron chi connectivity index (χ0n) is 9.51. The molecule has 2 rings (SSSR count). The van der Waals surface area contributed by atoms with Gasteiger partial charge in [-0.05, 0) is 56.1 Å². The van der Waals surface area contributed by atoms with Gasteiger partial charge in [-0.1, -0.05) is 12.1 Å². The van der Waals surface area contributed by atoms with Gasteiger partial charge in [0.2, 0.25) is 0 Å². The molecule has 88 valence electrons. The normalized spacial score (nSPS) is 20.9. The molecule has 2 N–H and O–H groups in total. The Balaban J connectivity index is 1.69. The molecule has 0 aromatic heterocycles. The second-order valence-electron chi connectivity index (χ2n) is 4.47. The van der Waals surface area contributed by atoms with Gasteiger partial charge in [0.15, 0.2) is 0 Å². The highest BCUT2D eigenvalue weighted by Crippen LogP contribution is 2.09. The maximum absolute atomic E-state index is 12.7. The topological polar surface area (TPSA) is 24.1 Å². The van der Waals surface area contributed by atoms with Gasteiger partial charge in [0, 0.05) is 6.54 Å². The van der Waals surface area contributed by atoms with Gasteiger partial charge in [-0.25, -0.2) is 4.39 Å². The fourth-order valence-electron chi connectivity index (χ4n) is 2.12. The predicted molar refractivity (Wildman–Crippen MR) is 63.7 cm³/mol. The number of hydrogen-bond acceptors (Lipinski definition) is 2. The average Bonchev–Trinajstić information content (AvgIpc) is 2.33. The van der Waals surface area contributed by atoms with E-state index in [4.69, 9.17) is 0 Å². The third-order valence-electron chi connectivity index (χ3n) is 3.07. The Kier molecular flexibility index (Phi) is 4.31. The van der Waals surface area contributed by atoms with E-state index in [0.29, 0.717) is 0 Å². The van der Waals surface area contributed by atoms with Crippen molar-refractivity contribution >= 4 is 0 Å². The molecule has 1 aromatic rings. The van der Waals surface area contributed by atoms with Gasteiger partial charge < -0.3 is 10.6 Å². The van der Waals surface area contributed by atoms with E-state index in [0.717, 1.165) is 37.7 Å². The summed E-state index contributed by atoms with van der Waals surface area (Å²) in [6.07, 6.45) is 2.59. The summed E-state index contributed by atoms with van der Waals surface area (Å²) in [5.41, 5.74) is 1.14. The number of rotatable bonds is 4. The minimum atomic E-state index is -0.166. The van der Waals surface area contributed by atoms with E-state index in [1.165, 1.54) is 25.0 Å². The Labute approximate surface area is 96.2 Å². The first-order valence-electron chi connectivity index (χ1n) is 6.00. The van der Waals surface area contributed by atoms with Gasteiger partial charge in [-0.15, -0.1) is 0 Å². The van der Waals surface area contributed by atoms with Crippen LogP contribution in [0.3, 0.4) is 0 Å². The predicted octanol–water partition coefficient (Wildman–Crippen LogP) is 1.91. The zero-order valence-corrected chi connectivity index (χ0v) is 9.51. The molecule has 1 aliphatic heterocycles. The van der Waals surface area contributed by atoms with Crippen molar-refractivity contribution in [2.45, 2.75) is 19.4 Å². The Hall–Kier alpha value is -0.930. The van der Waals surface area contributed by atoms with Crippen molar-refractivity contribution in [3.63, 3.8) is 0 Å². The van der Waals surface area contributed by atoms with Crippen molar-refractivity contribution in [2.24, 2.45) is 5.92 Å². The summed E-state index contributed by atoms with van der Waals surface area (Å²) < 4.78 is 12.7. The number of benzene rings is 1. The molecule has 1 heterocycles. The van der Waals surface area contributed by atoms with E-state index in [9.17, 15) is 4.39 Å². The molecule has 1 atom stereocenters. The number of nitrogens with one attached hydrogen (secondary N) is 2. The van der Waals surface area contributed by atoms with Crippen LogP contribution in [0.2, 0.25) is 0 Å².